The molecule has 3 aromatic rings. The monoisotopic (exact) mass is 574 g/mol. The van der Waals surface area contributed by atoms with Crippen molar-refractivity contribution in [2.45, 2.75) is 58.7 Å². The van der Waals surface area contributed by atoms with Gasteiger partial charge in [0, 0.05) is 24.7 Å². The van der Waals surface area contributed by atoms with Crippen LogP contribution in [0.4, 0.5) is 0 Å². The molecule has 2 aliphatic heterocycles. The van der Waals surface area contributed by atoms with Crippen molar-refractivity contribution < 1.29 is 4.74 Å². The van der Waals surface area contributed by atoms with Crippen LogP contribution in [0, 0.1) is 12.8 Å². The molecule has 38 heavy (non-hydrogen) atoms. The van der Waals surface area contributed by atoms with Crippen molar-refractivity contribution in [2.75, 3.05) is 26.2 Å². The van der Waals surface area contributed by atoms with Gasteiger partial charge in [0.15, 0.2) is 0 Å². The fourth-order valence-corrected chi connectivity index (χ4v) is 5.90. The van der Waals surface area contributed by atoms with E-state index in [1.165, 1.54) is 47.1 Å². The van der Waals surface area contributed by atoms with E-state index in [-0.39, 0.29) is 24.8 Å². The summed E-state index contributed by atoms with van der Waals surface area (Å²) >= 11 is 6.36. The SMILES string of the molecule is Cc1ccccc1CN1CCCc2ccc(OCCC3CCN(Cc4ccccc4Cl)CC3)cc2C1.Cl.Cl. The molecule has 6 heteroatoms. The summed E-state index contributed by atoms with van der Waals surface area (Å²) in [6, 6.07) is 23.8. The number of piperidine rings is 1. The summed E-state index contributed by atoms with van der Waals surface area (Å²) in [5.41, 5.74) is 6.98. The molecule has 0 amide bonds. The number of hydrogen-bond acceptors (Lipinski definition) is 3. The Morgan fingerprint density at radius 1 is 0.816 bits per heavy atom. The smallest absolute Gasteiger partial charge is 0.119 e. The number of ether oxygens (including phenoxy) is 1. The van der Waals surface area contributed by atoms with Crippen molar-refractivity contribution in [2.24, 2.45) is 5.92 Å². The van der Waals surface area contributed by atoms with Crippen LogP contribution in [0.5, 0.6) is 5.75 Å². The molecule has 0 saturated carbocycles. The normalized spacial score (nSPS) is 16.6. The molecule has 1 fully saturated rings. The van der Waals surface area contributed by atoms with Crippen LogP contribution in [-0.4, -0.2) is 36.0 Å². The van der Waals surface area contributed by atoms with E-state index < -0.39 is 0 Å². The number of rotatable bonds is 8. The molecule has 0 atom stereocenters. The van der Waals surface area contributed by atoms with Gasteiger partial charge >= 0.3 is 0 Å². The highest BCUT2D eigenvalue weighted by Crippen LogP contribution is 2.27. The highest BCUT2D eigenvalue weighted by molar-refractivity contribution is 6.31. The quantitative estimate of drug-likeness (QED) is 0.270. The molecular weight excluding hydrogens is 535 g/mol. The molecule has 1 saturated heterocycles. The summed E-state index contributed by atoms with van der Waals surface area (Å²) in [6.07, 6.45) is 6.00. The predicted octanol–water partition coefficient (Wildman–Crippen LogP) is 8.12. The second-order valence-electron chi connectivity index (χ2n) is 10.6. The molecule has 3 aromatic carbocycles. The first-order valence-electron chi connectivity index (χ1n) is 13.6. The number of fused-ring (bicyclic) bond motifs is 1. The fraction of sp³-hybridized carbons (Fsp3) is 0.438. The van der Waals surface area contributed by atoms with Gasteiger partial charge in [0.25, 0.3) is 0 Å². The predicted molar refractivity (Wildman–Crippen MR) is 164 cm³/mol. The van der Waals surface area contributed by atoms with Gasteiger partial charge in [-0.3, -0.25) is 9.80 Å². The molecule has 0 bridgehead atoms. The summed E-state index contributed by atoms with van der Waals surface area (Å²) < 4.78 is 6.28. The van der Waals surface area contributed by atoms with E-state index in [1.54, 1.807) is 0 Å². The molecule has 3 nitrogen and oxygen atoms in total. The zero-order valence-electron chi connectivity index (χ0n) is 22.4. The Morgan fingerprint density at radius 3 is 2.29 bits per heavy atom. The molecule has 0 unspecified atom stereocenters. The van der Waals surface area contributed by atoms with Crippen LogP contribution < -0.4 is 4.74 Å². The van der Waals surface area contributed by atoms with Gasteiger partial charge in [0.2, 0.25) is 0 Å². The summed E-state index contributed by atoms with van der Waals surface area (Å²) in [4.78, 5) is 5.13. The highest BCUT2D eigenvalue weighted by atomic mass is 35.5. The van der Waals surface area contributed by atoms with Gasteiger partial charge in [-0.25, -0.2) is 0 Å². The molecule has 0 spiro atoms. The van der Waals surface area contributed by atoms with Crippen molar-refractivity contribution in [1.82, 2.24) is 9.80 Å². The van der Waals surface area contributed by atoms with E-state index in [4.69, 9.17) is 16.3 Å². The Hall–Kier alpha value is -1.75. The minimum Gasteiger partial charge on any atom is -0.494 e. The first-order valence-corrected chi connectivity index (χ1v) is 14.0. The molecule has 0 aliphatic carbocycles. The Kier molecular flexibility index (Phi) is 12.3. The lowest BCUT2D eigenvalue weighted by molar-refractivity contribution is 0.157. The van der Waals surface area contributed by atoms with Gasteiger partial charge in [-0.15, -0.1) is 24.8 Å². The molecule has 2 aliphatic rings. The highest BCUT2D eigenvalue weighted by Gasteiger charge is 2.20. The van der Waals surface area contributed by atoms with Gasteiger partial charge in [0.1, 0.15) is 5.75 Å². The third-order valence-electron chi connectivity index (χ3n) is 8.00. The van der Waals surface area contributed by atoms with E-state index in [0.717, 1.165) is 75.4 Å². The number of benzene rings is 3. The van der Waals surface area contributed by atoms with Crippen LogP contribution in [-0.2, 0) is 26.1 Å². The molecule has 0 aromatic heterocycles. The first-order chi connectivity index (χ1) is 17.6. The van der Waals surface area contributed by atoms with E-state index in [9.17, 15) is 0 Å². The second kappa shape index (κ2) is 15.1. The number of nitrogens with zero attached hydrogens (tertiary/aromatic N) is 2. The molecule has 0 radical (unpaired) electrons. The van der Waals surface area contributed by atoms with E-state index in [0.29, 0.717) is 0 Å². The lowest BCUT2D eigenvalue weighted by atomic mass is 9.93. The Labute approximate surface area is 246 Å². The van der Waals surface area contributed by atoms with E-state index >= 15 is 0 Å². The van der Waals surface area contributed by atoms with Gasteiger partial charge in [-0.2, -0.15) is 0 Å². The third-order valence-corrected chi connectivity index (χ3v) is 8.37. The zero-order chi connectivity index (χ0) is 24.7. The summed E-state index contributed by atoms with van der Waals surface area (Å²) in [5, 5.41) is 0.882. The summed E-state index contributed by atoms with van der Waals surface area (Å²) in [7, 11) is 0. The zero-order valence-corrected chi connectivity index (χ0v) is 24.8. The lowest BCUT2D eigenvalue weighted by Gasteiger charge is -2.32. The van der Waals surface area contributed by atoms with E-state index in [2.05, 4.69) is 71.3 Å². The second-order valence-corrected chi connectivity index (χ2v) is 11.0. The maximum absolute atomic E-state index is 6.36. The topological polar surface area (TPSA) is 15.7 Å². The number of halogens is 3. The van der Waals surface area contributed by atoms with Crippen molar-refractivity contribution in [3.05, 3.63) is 99.6 Å². The van der Waals surface area contributed by atoms with Crippen molar-refractivity contribution in [1.29, 1.82) is 0 Å². The Balaban J connectivity index is 0.00000200. The van der Waals surface area contributed by atoms with Crippen molar-refractivity contribution in [3.63, 3.8) is 0 Å². The molecule has 2 heterocycles. The summed E-state index contributed by atoms with van der Waals surface area (Å²) in [5.74, 6) is 1.78. The van der Waals surface area contributed by atoms with Gasteiger partial charge in [-0.05, 0) is 111 Å². The minimum absolute atomic E-state index is 0. The average molecular weight is 576 g/mol. The average Bonchev–Trinajstić information content (AvgIpc) is 3.09. The number of likely N-dealkylation sites (tertiary alicyclic amines) is 1. The number of hydrogen-bond donors (Lipinski definition) is 0. The van der Waals surface area contributed by atoms with Crippen molar-refractivity contribution in [3.8, 4) is 5.75 Å². The molecule has 206 valence electrons. The van der Waals surface area contributed by atoms with Crippen LogP contribution in [0.3, 0.4) is 0 Å². The molecule has 0 N–H and O–H groups in total. The van der Waals surface area contributed by atoms with Crippen LogP contribution in [0.2, 0.25) is 5.02 Å². The third kappa shape index (κ3) is 8.37. The van der Waals surface area contributed by atoms with Crippen LogP contribution >= 0.6 is 36.4 Å². The minimum atomic E-state index is 0. The fourth-order valence-electron chi connectivity index (χ4n) is 5.70. The summed E-state index contributed by atoms with van der Waals surface area (Å²) in [6.45, 7) is 9.44. The largest absolute Gasteiger partial charge is 0.494 e. The van der Waals surface area contributed by atoms with Gasteiger partial charge < -0.3 is 4.74 Å². The van der Waals surface area contributed by atoms with E-state index in [1.807, 2.05) is 12.1 Å². The number of aryl methyl sites for hydroxylation is 2. The van der Waals surface area contributed by atoms with Crippen molar-refractivity contribution >= 4 is 36.4 Å². The lowest BCUT2D eigenvalue weighted by Crippen LogP contribution is -2.33. The van der Waals surface area contributed by atoms with Gasteiger partial charge in [-0.1, -0.05) is 60.1 Å². The maximum atomic E-state index is 6.36. The van der Waals surface area contributed by atoms with Crippen LogP contribution in [0.15, 0.2) is 66.7 Å². The van der Waals surface area contributed by atoms with Crippen LogP contribution in [0.1, 0.15) is 53.5 Å². The maximum Gasteiger partial charge on any atom is 0.119 e. The first kappa shape index (κ1) is 30.8. The molecule has 5 rings (SSSR count). The Bertz CT molecular complexity index is 1150. The standard InChI is InChI=1S/C32H39ClN2O.2ClH/c1-25-7-2-3-8-28(25)22-35-17-6-10-27-12-13-31(21-30(27)24-35)36-20-16-26-14-18-34(19-15-26)23-29-9-4-5-11-32(29)33;;/h2-5,7-9,11-13,21,26H,6,10,14-20,22-24H2,1H3;2*1H. The molecular formula is C32H41Cl3N2O. The van der Waals surface area contributed by atoms with Crippen LogP contribution in [0.25, 0.3) is 0 Å². The van der Waals surface area contributed by atoms with Gasteiger partial charge in [0.05, 0.1) is 6.61 Å². The Morgan fingerprint density at radius 2 is 1.53 bits per heavy atom.